The van der Waals surface area contributed by atoms with Crippen LogP contribution in [0.3, 0.4) is 0 Å². The van der Waals surface area contributed by atoms with Crippen LogP contribution in [0.1, 0.15) is 59.8 Å². The fraction of sp³-hybridized carbons (Fsp3) is 0.393. The summed E-state index contributed by atoms with van der Waals surface area (Å²) in [7, 11) is 0. The van der Waals surface area contributed by atoms with Gasteiger partial charge in [0, 0.05) is 6.04 Å². The van der Waals surface area contributed by atoms with Gasteiger partial charge in [-0.1, -0.05) is 104 Å². The zero-order valence-electron chi connectivity index (χ0n) is 19.8. The number of carbonyl (C=O) groups excluding carboxylic acids is 1. The van der Waals surface area contributed by atoms with Crippen LogP contribution in [0.2, 0.25) is 0 Å². The highest BCUT2D eigenvalue weighted by Crippen LogP contribution is 2.05. The van der Waals surface area contributed by atoms with Crippen molar-refractivity contribution in [3.05, 3.63) is 96.7 Å². The minimum absolute atomic E-state index is 0.0523. The Labute approximate surface area is 190 Å². The predicted octanol–water partition coefficient (Wildman–Crippen LogP) is 6.68. The third kappa shape index (κ3) is 17.9. The number of unbranched alkanes of at least 4 members (excludes halogenated alkanes) is 1. The van der Waals surface area contributed by atoms with Crippen LogP contribution in [0.15, 0.2) is 96.7 Å². The molecule has 0 saturated carbocycles. The molecule has 0 heterocycles. The van der Waals surface area contributed by atoms with E-state index in [1.54, 1.807) is 24.3 Å². The van der Waals surface area contributed by atoms with Gasteiger partial charge in [0.25, 0.3) is 0 Å². The van der Waals surface area contributed by atoms with Crippen LogP contribution >= 0.6 is 0 Å². The summed E-state index contributed by atoms with van der Waals surface area (Å²) < 4.78 is 0. The fourth-order valence-electron chi connectivity index (χ4n) is 2.55. The molecule has 0 aliphatic carbocycles. The normalized spacial score (nSPS) is 15.6. The second-order valence-electron chi connectivity index (χ2n) is 7.48. The maximum atomic E-state index is 11.9. The van der Waals surface area contributed by atoms with Crippen molar-refractivity contribution < 1.29 is 9.90 Å². The first-order valence-electron chi connectivity index (χ1n) is 11.2. The Kier molecular flexibility index (Phi) is 17.7. The van der Waals surface area contributed by atoms with Gasteiger partial charge in [-0.2, -0.15) is 0 Å². The van der Waals surface area contributed by atoms with Crippen molar-refractivity contribution in [1.82, 2.24) is 5.32 Å². The van der Waals surface area contributed by atoms with Crippen molar-refractivity contribution in [2.45, 2.75) is 71.9 Å². The van der Waals surface area contributed by atoms with Crippen molar-refractivity contribution >= 4 is 5.91 Å². The maximum absolute atomic E-state index is 11.9. The first-order chi connectivity index (χ1) is 14.9. The Bertz CT molecular complexity index is 717. The van der Waals surface area contributed by atoms with E-state index < -0.39 is 6.10 Å². The monoisotopic (exact) mass is 423 g/mol. The van der Waals surface area contributed by atoms with Crippen LogP contribution < -0.4 is 5.32 Å². The molecule has 0 spiro atoms. The molecule has 0 aliphatic rings. The number of carbonyl (C=O) groups is 1. The smallest absolute Gasteiger partial charge is 0.243 e. The molecular formula is C28H41NO2. The Hall–Kier alpha value is -2.65. The Morgan fingerprint density at radius 3 is 2.42 bits per heavy atom. The molecule has 2 atom stereocenters. The van der Waals surface area contributed by atoms with Gasteiger partial charge in [-0.3, -0.25) is 4.79 Å². The lowest BCUT2D eigenvalue weighted by Crippen LogP contribution is -2.32. The third-order valence-corrected chi connectivity index (χ3v) is 4.43. The first kappa shape index (κ1) is 28.4. The maximum Gasteiger partial charge on any atom is 0.243 e. The second kappa shape index (κ2) is 19.3. The van der Waals surface area contributed by atoms with E-state index in [0.29, 0.717) is 6.42 Å². The number of aliphatic hydroxyl groups excluding tert-OH is 1. The van der Waals surface area contributed by atoms with E-state index in [1.165, 1.54) is 0 Å². The Morgan fingerprint density at radius 1 is 1.00 bits per heavy atom. The fourth-order valence-corrected chi connectivity index (χ4v) is 2.55. The molecule has 0 bridgehead atoms. The minimum atomic E-state index is -0.496. The summed E-state index contributed by atoms with van der Waals surface area (Å²) in [5, 5.41) is 13.0. The number of allylic oxidation sites excluding steroid dienone is 10. The molecule has 170 valence electrons. The third-order valence-electron chi connectivity index (χ3n) is 4.43. The van der Waals surface area contributed by atoms with E-state index in [0.717, 1.165) is 36.8 Å². The molecule has 0 aromatic carbocycles. The highest BCUT2D eigenvalue weighted by Gasteiger charge is 2.06. The highest BCUT2D eigenvalue weighted by atomic mass is 16.3. The molecule has 3 nitrogen and oxygen atoms in total. The molecule has 0 saturated heterocycles. The topological polar surface area (TPSA) is 49.3 Å². The van der Waals surface area contributed by atoms with Crippen molar-refractivity contribution in [1.29, 1.82) is 0 Å². The second-order valence-corrected chi connectivity index (χ2v) is 7.48. The number of aliphatic hydroxyl groups is 1. The van der Waals surface area contributed by atoms with E-state index in [4.69, 9.17) is 0 Å². The number of hydrogen-bond acceptors (Lipinski definition) is 2. The van der Waals surface area contributed by atoms with Gasteiger partial charge >= 0.3 is 0 Å². The lowest BCUT2D eigenvalue weighted by molar-refractivity contribution is -0.117. The van der Waals surface area contributed by atoms with Crippen LogP contribution in [0.5, 0.6) is 0 Å². The van der Waals surface area contributed by atoms with Gasteiger partial charge in [-0.15, -0.1) is 0 Å². The molecular weight excluding hydrogens is 382 g/mol. The van der Waals surface area contributed by atoms with E-state index in [-0.39, 0.29) is 11.9 Å². The molecule has 2 unspecified atom stereocenters. The zero-order chi connectivity index (χ0) is 23.3. The van der Waals surface area contributed by atoms with Crippen LogP contribution in [0.25, 0.3) is 0 Å². The molecule has 3 heteroatoms. The molecule has 0 aromatic heterocycles. The van der Waals surface area contributed by atoms with Gasteiger partial charge in [-0.05, 0) is 52.5 Å². The van der Waals surface area contributed by atoms with Gasteiger partial charge in [-0.25, -0.2) is 0 Å². The van der Waals surface area contributed by atoms with E-state index in [2.05, 4.69) is 37.0 Å². The molecule has 0 aliphatic heterocycles. The average molecular weight is 424 g/mol. The summed E-state index contributed by atoms with van der Waals surface area (Å²) in [6, 6.07) is 0.0838. The predicted molar refractivity (Wildman–Crippen MR) is 136 cm³/mol. The highest BCUT2D eigenvalue weighted by molar-refractivity contribution is 5.87. The SMILES string of the molecule is C=C/C(C)=C\CC(O)\C=C/C=C/C(C)=C/C=C/CC(C/C=C/CCC)NC(=O)/C=C/C. The number of hydrogen-bond donors (Lipinski definition) is 2. The van der Waals surface area contributed by atoms with Gasteiger partial charge in [0.1, 0.15) is 0 Å². The minimum Gasteiger partial charge on any atom is -0.389 e. The Morgan fingerprint density at radius 2 is 1.74 bits per heavy atom. The molecule has 31 heavy (non-hydrogen) atoms. The van der Waals surface area contributed by atoms with Crippen molar-refractivity contribution in [2.75, 3.05) is 0 Å². The van der Waals surface area contributed by atoms with Gasteiger partial charge in [0.2, 0.25) is 5.91 Å². The summed E-state index contributed by atoms with van der Waals surface area (Å²) in [5.74, 6) is -0.0523. The summed E-state index contributed by atoms with van der Waals surface area (Å²) in [6.45, 7) is 11.7. The molecule has 1 amide bonds. The molecule has 0 fully saturated rings. The van der Waals surface area contributed by atoms with Gasteiger partial charge in [0.15, 0.2) is 0 Å². The number of amides is 1. The molecule has 2 N–H and O–H groups in total. The zero-order valence-corrected chi connectivity index (χ0v) is 19.8. The Balaban J connectivity index is 4.64. The quantitative estimate of drug-likeness (QED) is 0.175. The standard InChI is InChI=1S/C28H41NO2/c1-6-9-10-11-19-26(29-28(31)16-7-2)20-14-12-17-25(5)18-13-15-21-27(30)23-22-24(4)8-3/h7-8,10-18,21-22,26-27,30H,3,6,9,19-20,23H2,1-2,4-5H3,(H,29,31)/b11-10+,14-12+,16-7+,18-13+,21-15-,24-22-,25-17+. The van der Waals surface area contributed by atoms with Crippen LogP contribution in [0, 0.1) is 0 Å². The summed E-state index contributed by atoms with van der Waals surface area (Å²) in [5.41, 5.74) is 2.17. The average Bonchev–Trinajstić information content (AvgIpc) is 2.75. The molecule has 0 rings (SSSR count). The largest absolute Gasteiger partial charge is 0.389 e. The lowest BCUT2D eigenvalue weighted by Gasteiger charge is -2.14. The van der Waals surface area contributed by atoms with E-state index in [9.17, 15) is 9.90 Å². The van der Waals surface area contributed by atoms with Crippen molar-refractivity contribution in [2.24, 2.45) is 0 Å². The summed E-state index contributed by atoms with van der Waals surface area (Å²) in [4.78, 5) is 11.9. The summed E-state index contributed by atoms with van der Waals surface area (Å²) >= 11 is 0. The molecule has 0 aromatic rings. The van der Waals surface area contributed by atoms with E-state index in [1.807, 2.05) is 57.2 Å². The molecule has 0 radical (unpaired) electrons. The van der Waals surface area contributed by atoms with Crippen molar-refractivity contribution in [3.63, 3.8) is 0 Å². The van der Waals surface area contributed by atoms with Gasteiger partial charge < -0.3 is 10.4 Å². The van der Waals surface area contributed by atoms with E-state index >= 15 is 0 Å². The van der Waals surface area contributed by atoms with Crippen LogP contribution in [-0.2, 0) is 4.79 Å². The number of rotatable bonds is 15. The summed E-state index contributed by atoms with van der Waals surface area (Å²) in [6.07, 6.45) is 29.0. The van der Waals surface area contributed by atoms with Gasteiger partial charge in [0.05, 0.1) is 6.10 Å². The lowest BCUT2D eigenvalue weighted by atomic mass is 10.1. The van der Waals surface area contributed by atoms with Crippen LogP contribution in [-0.4, -0.2) is 23.2 Å². The first-order valence-corrected chi connectivity index (χ1v) is 11.2. The van der Waals surface area contributed by atoms with Crippen LogP contribution in [0.4, 0.5) is 0 Å². The number of nitrogens with one attached hydrogen (secondary N) is 1. The van der Waals surface area contributed by atoms with Crippen molar-refractivity contribution in [3.8, 4) is 0 Å².